The van der Waals surface area contributed by atoms with Gasteiger partial charge >= 0.3 is 0 Å². The molecule has 1 heterocycles. The van der Waals surface area contributed by atoms with Crippen molar-refractivity contribution in [1.82, 2.24) is 4.90 Å². The van der Waals surface area contributed by atoms with Gasteiger partial charge in [-0.1, -0.05) is 42.5 Å². The van der Waals surface area contributed by atoms with Crippen LogP contribution in [0.5, 0.6) is 5.75 Å². The number of ether oxygens (including phenoxy) is 2. The SMILES string of the molecule is COc1ccc(CCC(=O)N2CCC[C@@H](COCc3ccccc3)C2)cc1. The summed E-state index contributed by atoms with van der Waals surface area (Å²) in [6.07, 6.45) is 3.53. The molecular formula is C23H29NO3. The fraction of sp³-hybridized carbons (Fsp3) is 0.435. The minimum atomic E-state index is 0.249. The maximum Gasteiger partial charge on any atom is 0.222 e. The topological polar surface area (TPSA) is 38.8 Å². The number of carbonyl (C=O) groups is 1. The molecule has 2 aromatic rings. The van der Waals surface area contributed by atoms with Gasteiger partial charge in [-0.05, 0) is 48.4 Å². The second-order valence-corrected chi connectivity index (χ2v) is 7.20. The molecule has 3 rings (SSSR count). The fourth-order valence-electron chi connectivity index (χ4n) is 3.55. The Kier molecular flexibility index (Phi) is 7.28. The quantitative estimate of drug-likeness (QED) is 0.706. The average Bonchev–Trinajstić information content (AvgIpc) is 2.73. The molecule has 0 radical (unpaired) electrons. The van der Waals surface area contributed by atoms with Gasteiger partial charge in [-0.3, -0.25) is 4.79 Å². The molecule has 1 amide bonds. The Labute approximate surface area is 162 Å². The Morgan fingerprint density at radius 3 is 2.59 bits per heavy atom. The average molecular weight is 367 g/mol. The molecular weight excluding hydrogens is 338 g/mol. The zero-order valence-corrected chi connectivity index (χ0v) is 16.1. The highest BCUT2D eigenvalue weighted by molar-refractivity contribution is 5.76. The molecule has 0 spiro atoms. The van der Waals surface area contributed by atoms with Crippen molar-refractivity contribution in [3.8, 4) is 5.75 Å². The van der Waals surface area contributed by atoms with Crippen molar-refractivity contribution in [3.05, 3.63) is 65.7 Å². The van der Waals surface area contributed by atoms with Crippen LogP contribution >= 0.6 is 0 Å². The van der Waals surface area contributed by atoms with E-state index in [2.05, 4.69) is 12.1 Å². The molecule has 0 aromatic heterocycles. The molecule has 0 N–H and O–H groups in total. The Morgan fingerprint density at radius 2 is 1.85 bits per heavy atom. The zero-order valence-electron chi connectivity index (χ0n) is 16.1. The predicted molar refractivity (Wildman–Crippen MR) is 107 cm³/mol. The van der Waals surface area contributed by atoms with E-state index in [4.69, 9.17) is 9.47 Å². The van der Waals surface area contributed by atoms with Crippen LogP contribution in [0, 0.1) is 5.92 Å². The fourth-order valence-corrected chi connectivity index (χ4v) is 3.55. The summed E-state index contributed by atoms with van der Waals surface area (Å²) >= 11 is 0. The minimum absolute atomic E-state index is 0.249. The highest BCUT2D eigenvalue weighted by atomic mass is 16.5. The zero-order chi connectivity index (χ0) is 18.9. The number of benzene rings is 2. The Hall–Kier alpha value is -2.33. The first kappa shape index (κ1) is 19.4. The van der Waals surface area contributed by atoms with E-state index in [1.54, 1.807) is 7.11 Å². The summed E-state index contributed by atoms with van der Waals surface area (Å²) in [7, 11) is 1.66. The molecule has 1 aliphatic rings. The second-order valence-electron chi connectivity index (χ2n) is 7.20. The van der Waals surface area contributed by atoms with Crippen LogP contribution in [0.4, 0.5) is 0 Å². The van der Waals surface area contributed by atoms with Gasteiger partial charge < -0.3 is 14.4 Å². The van der Waals surface area contributed by atoms with Gasteiger partial charge in [0.15, 0.2) is 0 Å². The molecule has 4 nitrogen and oxygen atoms in total. The van der Waals surface area contributed by atoms with Crippen molar-refractivity contribution < 1.29 is 14.3 Å². The first-order chi connectivity index (χ1) is 13.2. The lowest BCUT2D eigenvalue weighted by atomic mass is 9.98. The van der Waals surface area contributed by atoms with Gasteiger partial charge in [0.25, 0.3) is 0 Å². The molecule has 144 valence electrons. The Balaban J connectivity index is 1.40. The Morgan fingerprint density at radius 1 is 1.07 bits per heavy atom. The molecule has 1 atom stereocenters. The molecule has 27 heavy (non-hydrogen) atoms. The number of likely N-dealkylation sites (tertiary alicyclic amines) is 1. The number of aryl methyl sites for hydroxylation is 1. The Bertz CT molecular complexity index is 699. The molecule has 0 unspecified atom stereocenters. The maximum absolute atomic E-state index is 12.6. The number of nitrogens with zero attached hydrogens (tertiary/aromatic N) is 1. The van der Waals surface area contributed by atoms with E-state index in [0.717, 1.165) is 44.7 Å². The van der Waals surface area contributed by atoms with E-state index in [1.165, 1.54) is 11.1 Å². The summed E-state index contributed by atoms with van der Waals surface area (Å²) in [6.45, 7) is 3.05. The van der Waals surface area contributed by atoms with Crippen LogP contribution in [-0.2, 0) is 22.6 Å². The summed E-state index contributed by atoms with van der Waals surface area (Å²) < 4.78 is 11.1. The molecule has 0 bridgehead atoms. The van der Waals surface area contributed by atoms with Crippen molar-refractivity contribution >= 4 is 5.91 Å². The molecule has 1 saturated heterocycles. The standard InChI is InChI=1S/C23H29NO3/c1-26-22-12-9-19(10-13-22)11-14-23(25)24-15-5-8-21(16-24)18-27-17-20-6-3-2-4-7-20/h2-4,6-7,9-10,12-13,21H,5,8,11,14-18H2,1H3/t21-/m1/s1. The summed E-state index contributed by atoms with van der Waals surface area (Å²) in [6, 6.07) is 18.2. The molecule has 4 heteroatoms. The summed E-state index contributed by atoms with van der Waals surface area (Å²) in [5, 5.41) is 0. The summed E-state index contributed by atoms with van der Waals surface area (Å²) in [5.74, 6) is 1.53. The van der Waals surface area contributed by atoms with E-state index in [1.807, 2.05) is 47.4 Å². The molecule has 0 aliphatic carbocycles. The molecule has 1 aliphatic heterocycles. The maximum atomic E-state index is 12.6. The van der Waals surface area contributed by atoms with Crippen LogP contribution in [-0.4, -0.2) is 37.6 Å². The largest absolute Gasteiger partial charge is 0.497 e. The highest BCUT2D eigenvalue weighted by Gasteiger charge is 2.23. The van der Waals surface area contributed by atoms with Crippen molar-refractivity contribution in [2.45, 2.75) is 32.3 Å². The number of methoxy groups -OCH3 is 1. The van der Waals surface area contributed by atoms with E-state index in [9.17, 15) is 4.79 Å². The first-order valence-corrected chi connectivity index (χ1v) is 9.77. The van der Waals surface area contributed by atoms with E-state index in [0.29, 0.717) is 18.9 Å². The first-order valence-electron chi connectivity index (χ1n) is 9.77. The van der Waals surface area contributed by atoms with E-state index in [-0.39, 0.29) is 5.91 Å². The second kappa shape index (κ2) is 10.1. The van der Waals surface area contributed by atoms with Gasteiger partial charge in [0.1, 0.15) is 5.75 Å². The highest BCUT2D eigenvalue weighted by Crippen LogP contribution is 2.19. The van der Waals surface area contributed by atoms with Gasteiger partial charge in [0.05, 0.1) is 20.3 Å². The lowest BCUT2D eigenvalue weighted by Gasteiger charge is -2.32. The summed E-state index contributed by atoms with van der Waals surface area (Å²) in [4.78, 5) is 14.6. The molecule has 1 fully saturated rings. The third-order valence-electron chi connectivity index (χ3n) is 5.12. The lowest BCUT2D eigenvalue weighted by molar-refractivity contribution is -0.133. The number of piperidine rings is 1. The van der Waals surface area contributed by atoms with Gasteiger partial charge in [-0.2, -0.15) is 0 Å². The molecule has 2 aromatic carbocycles. The van der Waals surface area contributed by atoms with E-state index < -0.39 is 0 Å². The van der Waals surface area contributed by atoms with Crippen LogP contribution < -0.4 is 4.74 Å². The molecule has 0 saturated carbocycles. The van der Waals surface area contributed by atoms with E-state index >= 15 is 0 Å². The van der Waals surface area contributed by atoms with Gasteiger partial charge in [-0.25, -0.2) is 0 Å². The van der Waals surface area contributed by atoms with Crippen molar-refractivity contribution in [2.24, 2.45) is 5.92 Å². The van der Waals surface area contributed by atoms with Crippen LogP contribution in [0.3, 0.4) is 0 Å². The normalized spacial score (nSPS) is 16.9. The summed E-state index contributed by atoms with van der Waals surface area (Å²) in [5.41, 5.74) is 2.37. The third-order valence-corrected chi connectivity index (χ3v) is 5.12. The van der Waals surface area contributed by atoms with Crippen LogP contribution in [0.25, 0.3) is 0 Å². The van der Waals surface area contributed by atoms with Crippen molar-refractivity contribution in [1.29, 1.82) is 0 Å². The lowest BCUT2D eigenvalue weighted by Crippen LogP contribution is -2.41. The van der Waals surface area contributed by atoms with Gasteiger partial charge in [-0.15, -0.1) is 0 Å². The van der Waals surface area contributed by atoms with Gasteiger partial charge in [0.2, 0.25) is 5.91 Å². The van der Waals surface area contributed by atoms with Crippen molar-refractivity contribution in [3.63, 3.8) is 0 Å². The van der Waals surface area contributed by atoms with Crippen LogP contribution in [0.15, 0.2) is 54.6 Å². The monoisotopic (exact) mass is 367 g/mol. The number of hydrogen-bond acceptors (Lipinski definition) is 3. The van der Waals surface area contributed by atoms with Crippen LogP contribution in [0.1, 0.15) is 30.4 Å². The van der Waals surface area contributed by atoms with Gasteiger partial charge in [0, 0.05) is 19.5 Å². The number of amides is 1. The minimum Gasteiger partial charge on any atom is -0.497 e. The third kappa shape index (κ3) is 6.10. The predicted octanol–water partition coefficient (Wildman–Crippen LogP) is 4.08. The van der Waals surface area contributed by atoms with Crippen molar-refractivity contribution in [2.75, 3.05) is 26.8 Å². The number of hydrogen-bond donors (Lipinski definition) is 0. The number of carbonyl (C=O) groups excluding carboxylic acids is 1. The van der Waals surface area contributed by atoms with Crippen LogP contribution in [0.2, 0.25) is 0 Å². The number of rotatable bonds is 8. The smallest absolute Gasteiger partial charge is 0.222 e.